The lowest BCUT2D eigenvalue weighted by molar-refractivity contribution is -0.140. The van der Waals surface area contributed by atoms with Crippen molar-refractivity contribution in [2.24, 2.45) is 5.92 Å². The van der Waals surface area contributed by atoms with Gasteiger partial charge in [0.05, 0.1) is 17.8 Å². The minimum absolute atomic E-state index is 0.113. The average molecular weight is 497 g/mol. The predicted molar refractivity (Wildman–Crippen MR) is 146 cm³/mol. The number of thiazole rings is 1. The average Bonchev–Trinajstić information content (AvgIpc) is 3.19. The Hall–Kier alpha value is -1.72. The van der Waals surface area contributed by atoms with Crippen LogP contribution in [0.4, 0.5) is 0 Å². The van der Waals surface area contributed by atoms with Crippen LogP contribution < -0.4 is 5.32 Å². The number of methoxy groups -OCH3 is 1. The van der Waals surface area contributed by atoms with Crippen molar-refractivity contribution in [1.29, 1.82) is 0 Å². The number of carbonyl (C=O) groups excluding carboxylic acids is 1. The van der Waals surface area contributed by atoms with Gasteiger partial charge in [0.1, 0.15) is 0 Å². The van der Waals surface area contributed by atoms with Crippen molar-refractivity contribution in [1.82, 2.24) is 10.3 Å². The van der Waals surface area contributed by atoms with E-state index < -0.39 is 0 Å². The van der Waals surface area contributed by atoms with Gasteiger partial charge in [-0.05, 0) is 85.4 Å². The molecule has 0 spiro atoms. The third-order valence-corrected chi connectivity index (χ3v) is 9.34. The number of benzene rings is 1. The molecule has 1 aromatic heterocycles. The molecule has 5 heteroatoms. The molecule has 2 aliphatic carbocycles. The van der Waals surface area contributed by atoms with Crippen molar-refractivity contribution in [3.8, 4) is 11.3 Å². The second kappa shape index (κ2) is 11.1. The Morgan fingerprint density at radius 1 is 1.09 bits per heavy atom. The van der Waals surface area contributed by atoms with Crippen LogP contribution >= 0.6 is 11.3 Å². The smallest absolute Gasteiger partial charge is 0.305 e. The number of hydrogen-bond donors (Lipinski definition) is 1. The molecule has 0 aliphatic heterocycles. The summed E-state index contributed by atoms with van der Waals surface area (Å²) in [5.74, 6) is 0.609. The fraction of sp³-hybridized carbons (Fsp3) is 0.667. The maximum absolute atomic E-state index is 11.3. The highest BCUT2D eigenvalue weighted by atomic mass is 32.1. The van der Waals surface area contributed by atoms with Crippen LogP contribution in [0, 0.1) is 5.92 Å². The summed E-state index contributed by atoms with van der Waals surface area (Å²) in [4.78, 5) is 16.4. The quantitative estimate of drug-likeness (QED) is 0.239. The molecule has 0 saturated heterocycles. The predicted octanol–water partition coefficient (Wildman–Crippen LogP) is 7.19. The Morgan fingerprint density at radius 2 is 1.86 bits per heavy atom. The van der Waals surface area contributed by atoms with Gasteiger partial charge in [-0.15, -0.1) is 11.3 Å². The van der Waals surface area contributed by atoms with E-state index in [0.717, 1.165) is 31.0 Å². The van der Waals surface area contributed by atoms with Gasteiger partial charge >= 0.3 is 5.97 Å². The lowest BCUT2D eigenvalue weighted by Crippen LogP contribution is -2.33. The zero-order valence-corrected chi connectivity index (χ0v) is 23.2. The van der Waals surface area contributed by atoms with E-state index in [0.29, 0.717) is 12.5 Å². The Balaban J connectivity index is 1.34. The van der Waals surface area contributed by atoms with E-state index in [-0.39, 0.29) is 16.8 Å². The standard InChI is InChI=1S/C30H44N2O2S/c1-29(2)15-16-30(3,4)25-19-22(12-14-24(25)29)26-20-35-27(32-26)18-21-8-6-9-23(13-11-21)31-17-7-10-28(33)34-5/h12,14,19-21,23,31H,6-11,13,15-18H2,1-5H3. The molecule has 4 nitrogen and oxygen atoms in total. The van der Waals surface area contributed by atoms with Crippen LogP contribution in [0.25, 0.3) is 11.3 Å². The number of nitrogens with one attached hydrogen (secondary N) is 1. The molecule has 0 amide bonds. The van der Waals surface area contributed by atoms with Crippen molar-refractivity contribution in [3.63, 3.8) is 0 Å². The highest BCUT2D eigenvalue weighted by Gasteiger charge is 2.37. The molecule has 1 N–H and O–H groups in total. The molecule has 1 fully saturated rings. The fourth-order valence-corrected chi connectivity index (χ4v) is 6.88. The van der Waals surface area contributed by atoms with Crippen LogP contribution in [0.2, 0.25) is 0 Å². The monoisotopic (exact) mass is 496 g/mol. The summed E-state index contributed by atoms with van der Waals surface area (Å²) in [6.45, 7) is 10.5. The molecule has 0 radical (unpaired) electrons. The van der Waals surface area contributed by atoms with Crippen LogP contribution in [0.1, 0.15) is 102 Å². The molecule has 4 rings (SSSR count). The van der Waals surface area contributed by atoms with Gasteiger partial charge in [-0.3, -0.25) is 4.79 Å². The molecule has 2 aliphatic rings. The van der Waals surface area contributed by atoms with Crippen molar-refractivity contribution >= 4 is 17.3 Å². The summed E-state index contributed by atoms with van der Waals surface area (Å²) < 4.78 is 4.73. The van der Waals surface area contributed by atoms with Gasteiger partial charge < -0.3 is 10.1 Å². The first-order chi connectivity index (χ1) is 16.7. The summed E-state index contributed by atoms with van der Waals surface area (Å²) in [6, 6.07) is 7.67. The van der Waals surface area contributed by atoms with Gasteiger partial charge in [-0.2, -0.15) is 0 Å². The van der Waals surface area contributed by atoms with Gasteiger partial charge in [-0.25, -0.2) is 4.98 Å². The van der Waals surface area contributed by atoms with Crippen molar-refractivity contribution in [3.05, 3.63) is 39.7 Å². The minimum atomic E-state index is -0.113. The molecule has 2 atom stereocenters. The summed E-state index contributed by atoms with van der Waals surface area (Å²) in [5.41, 5.74) is 5.92. The van der Waals surface area contributed by atoms with E-state index in [9.17, 15) is 4.79 Å². The van der Waals surface area contributed by atoms with E-state index in [2.05, 4.69) is 56.6 Å². The molecular formula is C30H44N2O2S. The van der Waals surface area contributed by atoms with E-state index >= 15 is 0 Å². The fourth-order valence-electron chi connectivity index (χ4n) is 5.96. The van der Waals surface area contributed by atoms with Gasteiger partial charge in [0.25, 0.3) is 0 Å². The second-order valence-corrected chi connectivity index (χ2v) is 13.0. The molecular weight excluding hydrogens is 452 g/mol. The van der Waals surface area contributed by atoms with Crippen molar-refractivity contribution in [2.75, 3.05) is 13.7 Å². The molecule has 1 aromatic carbocycles. The number of aromatic nitrogens is 1. The Labute approximate surface area is 216 Å². The lowest BCUT2D eigenvalue weighted by Gasteiger charge is -2.42. The maximum atomic E-state index is 11.3. The van der Waals surface area contributed by atoms with E-state index in [4.69, 9.17) is 9.72 Å². The highest BCUT2D eigenvalue weighted by Crippen LogP contribution is 2.46. The van der Waals surface area contributed by atoms with Gasteiger partial charge in [0, 0.05) is 29.8 Å². The summed E-state index contributed by atoms with van der Waals surface area (Å²) in [5, 5.41) is 7.22. The number of hydrogen-bond acceptors (Lipinski definition) is 5. The van der Waals surface area contributed by atoms with Crippen LogP contribution in [0.3, 0.4) is 0 Å². The molecule has 1 heterocycles. The van der Waals surface area contributed by atoms with Crippen LogP contribution in [0.5, 0.6) is 0 Å². The SMILES string of the molecule is COC(=O)CCCNC1CCCC(Cc2nc(-c3ccc4c(c3)C(C)(C)CCC4(C)C)cs2)CC1. The number of fused-ring (bicyclic) bond motifs is 1. The Bertz CT molecular complexity index is 1010. The number of nitrogens with zero attached hydrogens (tertiary/aromatic N) is 1. The second-order valence-electron chi connectivity index (χ2n) is 12.1. The van der Waals surface area contributed by atoms with Crippen molar-refractivity contribution in [2.45, 2.75) is 109 Å². The first kappa shape index (κ1) is 26.3. The van der Waals surface area contributed by atoms with E-state index in [1.807, 2.05) is 11.3 Å². The topological polar surface area (TPSA) is 51.2 Å². The molecule has 192 valence electrons. The number of rotatable bonds is 8. The third kappa shape index (κ3) is 6.54. The first-order valence-corrected chi connectivity index (χ1v) is 14.5. The summed E-state index contributed by atoms with van der Waals surface area (Å²) >= 11 is 1.83. The Kier molecular flexibility index (Phi) is 8.38. The van der Waals surface area contributed by atoms with E-state index in [1.165, 1.54) is 73.8 Å². The normalized spacial score (nSPS) is 23.3. The van der Waals surface area contributed by atoms with Gasteiger partial charge in [0.15, 0.2) is 0 Å². The van der Waals surface area contributed by atoms with Crippen LogP contribution in [-0.4, -0.2) is 30.6 Å². The molecule has 2 unspecified atom stereocenters. The zero-order chi connectivity index (χ0) is 25.1. The van der Waals surface area contributed by atoms with E-state index in [1.54, 1.807) is 0 Å². The van der Waals surface area contributed by atoms with Gasteiger partial charge in [-0.1, -0.05) is 46.2 Å². The molecule has 1 saturated carbocycles. The number of carbonyl (C=O) groups is 1. The zero-order valence-electron chi connectivity index (χ0n) is 22.4. The molecule has 2 aromatic rings. The molecule has 35 heavy (non-hydrogen) atoms. The summed E-state index contributed by atoms with van der Waals surface area (Å²) in [7, 11) is 1.46. The third-order valence-electron chi connectivity index (χ3n) is 8.47. The largest absolute Gasteiger partial charge is 0.469 e. The van der Waals surface area contributed by atoms with Crippen molar-refractivity contribution < 1.29 is 9.53 Å². The minimum Gasteiger partial charge on any atom is -0.469 e. The highest BCUT2D eigenvalue weighted by molar-refractivity contribution is 7.09. The number of ether oxygens (including phenoxy) is 1. The Morgan fingerprint density at radius 3 is 2.63 bits per heavy atom. The summed E-state index contributed by atoms with van der Waals surface area (Å²) in [6.07, 6.45) is 11.2. The first-order valence-electron chi connectivity index (χ1n) is 13.6. The number of esters is 1. The van der Waals surface area contributed by atoms with Gasteiger partial charge in [0.2, 0.25) is 0 Å². The van der Waals surface area contributed by atoms with Crippen LogP contribution in [0.15, 0.2) is 23.6 Å². The lowest BCUT2D eigenvalue weighted by atomic mass is 9.63. The van der Waals surface area contributed by atoms with Crippen LogP contribution in [-0.2, 0) is 26.8 Å². The maximum Gasteiger partial charge on any atom is 0.305 e. The molecule has 0 bridgehead atoms.